The van der Waals surface area contributed by atoms with Crippen molar-refractivity contribution in [3.05, 3.63) is 53.8 Å². The van der Waals surface area contributed by atoms with Gasteiger partial charge in [0.15, 0.2) is 0 Å². The summed E-state index contributed by atoms with van der Waals surface area (Å²) in [5.74, 6) is -0.0263. The number of rotatable bonds is 5. The molecular formula is C21H24FN3O3. The predicted octanol–water partition coefficient (Wildman–Crippen LogP) is 3.03. The van der Waals surface area contributed by atoms with E-state index < -0.39 is 0 Å². The Morgan fingerprint density at radius 2 is 2.07 bits per heavy atom. The lowest BCUT2D eigenvalue weighted by atomic mass is 10.1. The number of hydrogen-bond acceptors (Lipinski definition) is 4. The summed E-state index contributed by atoms with van der Waals surface area (Å²) in [4.78, 5) is 28.6. The maximum atomic E-state index is 13.6. The van der Waals surface area contributed by atoms with Crippen LogP contribution in [0.4, 0.5) is 15.8 Å². The Kier molecular flexibility index (Phi) is 5.94. The zero-order valence-electron chi connectivity index (χ0n) is 16.2. The minimum absolute atomic E-state index is 0.117. The summed E-state index contributed by atoms with van der Waals surface area (Å²) in [7, 11) is 3.32. The molecule has 1 aliphatic heterocycles. The fourth-order valence-corrected chi connectivity index (χ4v) is 3.49. The van der Waals surface area contributed by atoms with Crippen LogP contribution in [0.2, 0.25) is 0 Å². The van der Waals surface area contributed by atoms with Gasteiger partial charge in [-0.05, 0) is 44.3 Å². The Hall–Kier alpha value is -2.93. The van der Waals surface area contributed by atoms with Crippen molar-refractivity contribution < 1.29 is 18.7 Å². The van der Waals surface area contributed by atoms with E-state index in [2.05, 4.69) is 5.32 Å². The lowest BCUT2D eigenvalue weighted by Crippen LogP contribution is -2.44. The highest BCUT2D eigenvalue weighted by Gasteiger charge is 2.30. The number of likely N-dealkylation sites (N-methyl/N-ethyl adjacent to an activating group) is 1. The van der Waals surface area contributed by atoms with Gasteiger partial charge < -0.3 is 15.0 Å². The van der Waals surface area contributed by atoms with Crippen LogP contribution < -0.4 is 15.0 Å². The molecule has 1 aliphatic rings. The van der Waals surface area contributed by atoms with Gasteiger partial charge in [-0.15, -0.1) is 0 Å². The topological polar surface area (TPSA) is 61.9 Å². The van der Waals surface area contributed by atoms with Gasteiger partial charge in [-0.25, -0.2) is 4.39 Å². The summed E-state index contributed by atoms with van der Waals surface area (Å²) >= 11 is 0. The molecule has 2 aromatic carbocycles. The Bertz CT molecular complexity index is 887. The molecule has 0 radical (unpaired) electrons. The lowest BCUT2D eigenvalue weighted by molar-refractivity contribution is -0.120. The van der Waals surface area contributed by atoms with Crippen molar-refractivity contribution in [1.82, 2.24) is 4.90 Å². The van der Waals surface area contributed by atoms with Crippen LogP contribution in [0.3, 0.4) is 0 Å². The first-order valence-corrected chi connectivity index (χ1v) is 9.11. The molecule has 28 heavy (non-hydrogen) atoms. The normalized spacial score (nSPS) is 16.4. The second kappa shape index (κ2) is 8.39. The molecule has 1 N–H and O–H groups in total. The number of carbonyl (C=O) groups is 2. The van der Waals surface area contributed by atoms with E-state index in [9.17, 15) is 14.0 Å². The highest BCUT2D eigenvalue weighted by Crippen LogP contribution is 2.31. The summed E-state index contributed by atoms with van der Waals surface area (Å²) in [6.45, 7) is 2.33. The number of amides is 2. The van der Waals surface area contributed by atoms with Crippen LogP contribution in [0, 0.1) is 5.82 Å². The number of para-hydroxylation sites is 2. The minimum Gasteiger partial charge on any atom is -0.496 e. The number of halogens is 1. The monoisotopic (exact) mass is 385 g/mol. The molecular weight excluding hydrogens is 361 g/mol. The van der Waals surface area contributed by atoms with E-state index in [1.54, 1.807) is 29.0 Å². The molecule has 6 nitrogen and oxygen atoms in total. The van der Waals surface area contributed by atoms with Gasteiger partial charge in [0.1, 0.15) is 11.6 Å². The lowest BCUT2D eigenvalue weighted by Gasteiger charge is -2.30. The first-order chi connectivity index (χ1) is 13.4. The zero-order chi connectivity index (χ0) is 20.3. The molecule has 0 aliphatic carbocycles. The van der Waals surface area contributed by atoms with Crippen molar-refractivity contribution in [3.8, 4) is 5.75 Å². The summed E-state index contributed by atoms with van der Waals surface area (Å²) in [6, 6.07) is 11.3. The van der Waals surface area contributed by atoms with E-state index >= 15 is 0 Å². The van der Waals surface area contributed by atoms with E-state index in [0.29, 0.717) is 29.2 Å². The minimum atomic E-state index is -0.352. The smallest absolute Gasteiger partial charge is 0.241 e. The number of ether oxygens (including phenoxy) is 1. The van der Waals surface area contributed by atoms with Crippen LogP contribution >= 0.6 is 0 Å². The molecule has 0 unspecified atom stereocenters. The molecule has 2 amide bonds. The van der Waals surface area contributed by atoms with Crippen molar-refractivity contribution in [2.24, 2.45) is 0 Å². The summed E-state index contributed by atoms with van der Waals surface area (Å²) in [5.41, 5.74) is 1.97. The first-order valence-electron chi connectivity index (χ1n) is 9.11. The van der Waals surface area contributed by atoms with E-state index in [1.165, 1.54) is 19.2 Å². The van der Waals surface area contributed by atoms with Gasteiger partial charge in [-0.1, -0.05) is 12.1 Å². The van der Waals surface area contributed by atoms with E-state index in [-0.39, 0.29) is 36.6 Å². The number of benzene rings is 2. The number of hydrogen-bond donors (Lipinski definition) is 1. The van der Waals surface area contributed by atoms with Crippen LogP contribution in [0.1, 0.15) is 18.9 Å². The molecule has 0 spiro atoms. The number of nitrogens with one attached hydrogen (secondary N) is 1. The van der Waals surface area contributed by atoms with Crippen molar-refractivity contribution in [2.75, 3.05) is 30.9 Å². The van der Waals surface area contributed by atoms with Crippen molar-refractivity contribution in [3.63, 3.8) is 0 Å². The fourth-order valence-electron chi connectivity index (χ4n) is 3.49. The largest absolute Gasteiger partial charge is 0.496 e. The van der Waals surface area contributed by atoms with Gasteiger partial charge in [-0.2, -0.15) is 0 Å². The van der Waals surface area contributed by atoms with E-state index in [0.717, 1.165) is 0 Å². The molecule has 0 bridgehead atoms. The van der Waals surface area contributed by atoms with Gasteiger partial charge in [0.25, 0.3) is 0 Å². The number of carbonyl (C=O) groups excluding carboxylic acids is 2. The zero-order valence-corrected chi connectivity index (χ0v) is 16.2. The van der Waals surface area contributed by atoms with Gasteiger partial charge >= 0.3 is 0 Å². The summed E-state index contributed by atoms with van der Waals surface area (Å²) in [5, 5.41) is 2.85. The quantitative estimate of drug-likeness (QED) is 0.860. The number of methoxy groups -OCH3 is 1. The second-order valence-corrected chi connectivity index (χ2v) is 7.01. The van der Waals surface area contributed by atoms with E-state index in [1.807, 2.05) is 25.1 Å². The van der Waals surface area contributed by atoms with Gasteiger partial charge in [0, 0.05) is 24.6 Å². The maximum Gasteiger partial charge on any atom is 0.241 e. The van der Waals surface area contributed by atoms with Gasteiger partial charge in [0.2, 0.25) is 11.8 Å². The number of anilines is 2. The van der Waals surface area contributed by atoms with Crippen LogP contribution in [0.5, 0.6) is 5.75 Å². The SMILES string of the molecule is COc1ccc(F)cc1CN(C)CC(=O)N1c2ccccc2NC(=O)C[C@H]1C. The standard InChI is InChI=1S/C21H24FN3O3/c1-14-10-20(26)23-17-6-4-5-7-18(17)25(14)21(27)13-24(2)12-15-11-16(22)8-9-19(15)28-3/h4-9,11,14H,10,12-13H2,1-3H3,(H,23,26)/t14-/m1/s1. The highest BCUT2D eigenvalue weighted by molar-refractivity contribution is 6.04. The first kappa shape index (κ1) is 19.8. The molecule has 0 saturated heterocycles. The third-order valence-electron chi connectivity index (χ3n) is 4.72. The Labute approximate surface area is 163 Å². The Balaban J connectivity index is 1.78. The molecule has 148 valence electrons. The van der Waals surface area contributed by atoms with Crippen LogP contribution in [0.25, 0.3) is 0 Å². The van der Waals surface area contributed by atoms with Crippen molar-refractivity contribution >= 4 is 23.2 Å². The van der Waals surface area contributed by atoms with E-state index in [4.69, 9.17) is 4.74 Å². The number of nitrogens with zero attached hydrogens (tertiary/aromatic N) is 2. The average molecular weight is 385 g/mol. The molecule has 3 rings (SSSR count). The predicted molar refractivity (Wildman–Crippen MR) is 106 cm³/mol. The second-order valence-electron chi connectivity index (χ2n) is 7.01. The third-order valence-corrected chi connectivity index (χ3v) is 4.72. The highest BCUT2D eigenvalue weighted by atomic mass is 19.1. The summed E-state index contributed by atoms with van der Waals surface area (Å²) < 4.78 is 18.9. The van der Waals surface area contributed by atoms with Gasteiger partial charge in [-0.3, -0.25) is 14.5 Å². The maximum absolute atomic E-state index is 13.6. The third kappa shape index (κ3) is 4.31. The molecule has 0 saturated carbocycles. The van der Waals surface area contributed by atoms with Crippen LogP contribution in [-0.4, -0.2) is 43.5 Å². The van der Waals surface area contributed by atoms with Crippen molar-refractivity contribution in [1.29, 1.82) is 0 Å². The Morgan fingerprint density at radius 1 is 1.32 bits per heavy atom. The molecule has 7 heteroatoms. The molecule has 1 heterocycles. The van der Waals surface area contributed by atoms with Crippen molar-refractivity contribution in [2.45, 2.75) is 25.9 Å². The molecule has 0 fully saturated rings. The van der Waals surface area contributed by atoms with Gasteiger partial charge in [0.05, 0.1) is 25.0 Å². The van der Waals surface area contributed by atoms with Crippen LogP contribution in [-0.2, 0) is 16.1 Å². The molecule has 2 aromatic rings. The average Bonchev–Trinajstić information content (AvgIpc) is 2.75. The molecule has 1 atom stereocenters. The van der Waals surface area contributed by atoms with Crippen LogP contribution in [0.15, 0.2) is 42.5 Å². The molecule has 0 aromatic heterocycles. The number of fused-ring (bicyclic) bond motifs is 1. The summed E-state index contributed by atoms with van der Waals surface area (Å²) in [6.07, 6.45) is 0.224. The fraction of sp³-hybridized carbons (Fsp3) is 0.333. The Morgan fingerprint density at radius 3 is 2.82 bits per heavy atom.